The number of nitrogens with two attached hydrogens (primary N) is 1. The fourth-order valence-corrected chi connectivity index (χ4v) is 4.13. The van der Waals surface area contributed by atoms with Crippen LogP contribution in [0.5, 0.6) is 0 Å². The van der Waals surface area contributed by atoms with Crippen LogP contribution in [-0.4, -0.2) is 26.7 Å². The Hall–Kier alpha value is -2.38. The third kappa shape index (κ3) is 5.33. The lowest BCUT2D eigenvalue weighted by Crippen LogP contribution is -2.27. The first-order chi connectivity index (χ1) is 13.7. The van der Waals surface area contributed by atoms with Gasteiger partial charge in [0.05, 0.1) is 18.6 Å². The first-order valence-electron chi connectivity index (χ1n) is 9.97. The molecule has 2 aromatic heterocycles. The molecule has 0 aromatic carbocycles. The molecule has 3 N–H and O–H groups in total. The lowest BCUT2D eigenvalue weighted by molar-refractivity contribution is -0.151. The summed E-state index contributed by atoms with van der Waals surface area (Å²) in [4.78, 5) is 20.0. The standard InChI is InChI=1S/C21H29N3O4/c22-28-20(21(25)26)10-4-9-18(16-6-2-1-3-7-16)19(24-12-11-23-15-24)14-17-8-5-13-27-17/h5,8-9,11-13,15-16,19-20H,1-4,6-7,10,14,22H2,(H,25,26)/b18-9+. The molecule has 2 atom stereocenters. The van der Waals surface area contributed by atoms with E-state index in [2.05, 4.69) is 20.5 Å². The van der Waals surface area contributed by atoms with Gasteiger partial charge in [-0.2, -0.15) is 0 Å². The van der Waals surface area contributed by atoms with E-state index in [0.717, 1.165) is 25.0 Å². The maximum atomic E-state index is 11.2. The maximum Gasteiger partial charge on any atom is 0.334 e. The van der Waals surface area contributed by atoms with Crippen molar-refractivity contribution in [2.45, 2.75) is 63.5 Å². The molecule has 0 bridgehead atoms. The van der Waals surface area contributed by atoms with Crippen molar-refractivity contribution in [3.05, 3.63) is 54.5 Å². The Bertz CT molecular complexity index is 734. The third-order valence-electron chi connectivity index (χ3n) is 5.57. The first-order valence-corrected chi connectivity index (χ1v) is 9.97. The Labute approximate surface area is 165 Å². The highest BCUT2D eigenvalue weighted by Crippen LogP contribution is 2.37. The number of hydrogen-bond acceptors (Lipinski definition) is 5. The largest absolute Gasteiger partial charge is 0.479 e. The Morgan fingerprint density at radius 1 is 1.43 bits per heavy atom. The number of aromatic nitrogens is 2. The number of aliphatic carboxylic acids is 1. The van der Waals surface area contributed by atoms with E-state index in [4.69, 9.17) is 15.4 Å². The van der Waals surface area contributed by atoms with Crippen LogP contribution in [0.1, 0.15) is 56.7 Å². The lowest BCUT2D eigenvalue weighted by atomic mass is 9.79. The second-order valence-corrected chi connectivity index (χ2v) is 7.39. The summed E-state index contributed by atoms with van der Waals surface area (Å²) < 4.78 is 7.74. The summed E-state index contributed by atoms with van der Waals surface area (Å²) in [6.45, 7) is 0. The molecular weight excluding hydrogens is 358 g/mol. The number of rotatable bonds is 10. The average molecular weight is 387 g/mol. The number of carbonyl (C=O) groups is 1. The van der Waals surface area contributed by atoms with Crippen LogP contribution in [0.15, 0.2) is 53.2 Å². The Morgan fingerprint density at radius 3 is 2.86 bits per heavy atom. The van der Waals surface area contributed by atoms with E-state index in [1.807, 2.05) is 24.7 Å². The maximum absolute atomic E-state index is 11.2. The van der Waals surface area contributed by atoms with E-state index < -0.39 is 12.1 Å². The van der Waals surface area contributed by atoms with E-state index in [0.29, 0.717) is 18.8 Å². The number of carboxylic acid groups (broad SMARTS) is 1. The Balaban J connectivity index is 1.85. The van der Waals surface area contributed by atoms with Crippen molar-refractivity contribution in [2.75, 3.05) is 0 Å². The van der Waals surface area contributed by atoms with Crippen LogP contribution in [0.3, 0.4) is 0 Å². The van der Waals surface area contributed by atoms with Crippen LogP contribution >= 0.6 is 0 Å². The van der Waals surface area contributed by atoms with Gasteiger partial charge in [0.2, 0.25) is 0 Å². The summed E-state index contributed by atoms with van der Waals surface area (Å²) in [6.07, 6.45) is 16.2. The van der Waals surface area contributed by atoms with Crippen LogP contribution in [0.25, 0.3) is 0 Å². The molecule has 0 amide bonds. The lowest BCUT2D eigenvalue weighted by Gasteiger charge is -2.31. The molecule has 1 aliphatic carbocycles. The van der Waals surface area contributed by atoms with Crippen LogP contribution in [-0.2, 0) is 16.1 Å². The number of allylic oxidation sites excluding steroid dienone is 2. The molecule has 3 rings (SSSR count). The normalized spacial score (nSPS) is 18.1. The summed E-state index contributed by atoms with van der Waals surface area (Å²) in [6, 6.07) is 3.99. The van der Waals surface area contributed by atoms with Gasteiger partial charge >= 0.3 is 5.97 Å². The monoisotopic (exact) mass is 387 g/mol. The molecule has 0 aliphatic heterocycles. The SMILES string of the molecule is NOC(CC/C=C(\C1CCCCC1)C(Cc1ccco1)n1ccnc1)C(=O)O. The number of nitrogens with zero attached hydrogens (tertiary/aromatic N) is 2. The van der Waals surface area contributed by atoms with E-state index in [1.165, 1.54) is 24.8 Å². The van der Waals surface area contributed by atoms with Gasteiger partial charge in [-0.1, -0.05) is 25.3 Å². The van der Waals surface area contributed by atoms with Crippen molar-refractivity contribution in [1.29, 1.82) is 0 Å². The summed E-state index contributed by atoms with van der Waals surface area (Å²) in [5, 5.41) is 9.17. The first kappa shape index (κ1) is 20.4. The van der Waals surface area contributed by atoms with Gasteiger partial charge in [0.1, 0.15) is 5.76 Å². The van der Waals surface area contributed by atoms with E-state index in [9.17, 15) is 4.79 Å². The van der Waals surface area contributed by atoms with Crippen LogP contribution in [0.2, 0.25) is 0 Å². The molecular formula is C21H29N3O4. The van der Waals surface area contributed by atoms with E-state index in [-0.39, 0.29) is 6.04 Å². The molecule has 2 heterocycles. The second-order valence-electron chi connectivity index (χ2n) is 7.39. The number of hydrogen-bond donors (Lipinski definition) is 2. The van der Waals surface area contributed by atoms with E-state index in [1.54, 1.807) is 12.5 Å². The molecule has 0 radical (unpaired) electrons. The van der Waals surface area contributed by atoms with Crippen LogP contribution in [0, 0.1) is 5.92 Å². The predicted octanol–water partition coefficient (Wildman–Crippen LogP) is 3.89. The van der Waals surface area contributed by atoms with Crippen molar-refractivity contribution < 1.29 is 19.2 Å². The molecule has 7 heteroatoms. The number of carboxylic acids is 1. The van der Waals surface area contributed by atoms with Crippen molar-refractivity contribution in [1.82, 2.24) is 9.55 Å². The van der Waals surface area contributed by atoms with Crippen molar-refractivity contribution in [2.24, 2.45) is 11.8 Å². The molecule has 1 fully saturated rings. The van der Waals surface area contributed by atoms with Gasteiger partial charge in [-0.25, -0.2) is 15.7 Å². The minimum Gasteiger partial charge on any atom is -0.479 e. The third-order valence-corrected chi connectivity index (χ3v) is 5.57. The highest BCUT2D eigenvalue weighted by Gasteiger charge is 2.27. The average Bonchev–Trinajstić information content (AvgIpc) is 3.41. The second kappa shape index (κ2) is 10.2. The minimum atomic E-state index is -1.03. The number of furan rings is 1. The molecule has 1 saturated carbocycles. The van der Waals surface area contributed by atoms with Crippen molar-refractivity contribution >= 4 is 5.97 Å². The van der Waals surface area contributed by atoms with Gasteiger partial charge in [0.15, 0.2) is 6.10 Å². The van der Waals surface area contributed by atoms with Gasteiger partial charge in [-0.05, 0) is 49.3 Å². The number of imidazole rings is 1. The molecule has 28 heavy (non-hydrogen) atoms. The zero-order chi connectivity index (χ0) is 19.8. The minimum absolute atomic E-state index is 0.0961. The molecule has 152 valence electrons. The predicted molar refractivity (Wildman–Crippen MR) is 104 cm³/mol. The quantitative estimate of drug-likeness (QED) is 0.473. The van der Waals surface area contributed by atoms with Gasteiger partial charge in [-0.15, -0.1) is 0 Å². The molecule has 0 saturated heterocycles. The summed E-state index contributed by atoms with van der Waals surface area (Å²) in [7, 11) is 0. The fraction of sp³-hybridized carbons (Fsp3) is 0.524. The molecule has 2 unspecified atom stereocenters. The zero-order valence-electron chi connectivity index (χ0n) is 16.1. The fourth-order valence-electron chi connectivity index (χ4n) is 4.13. The smallest absolute Gasteiger partial charge is 0.334 e. The van der Waals surface area contributed by atoms with Gasteiger partial charge in [-0.3, -0.25) is 4.84 Å². The van der Waals surface area contributed by atoms with Gasteiger partial charge in [0.25, 0.3) is 0 Å². The Morgan fingerprint density at radius 2 is 2.25 bits per heavy atom. The zero-order valence-corrected chi connectivity index (χ0v) is 16.1. The molecule has 1 aliphatic rings. The van der Waals surface area contributed by atoms with Gasteiger partial charge < -0.3 is 14.1 Å². The molecule has 0 spiro atoms. The van der Waals surface area contributed by atoms with Crippen LogP contribution in [0.4, 0.5) is 0 Å². The van der Waals surface area contributed by atoms with E-state index >= 15 is 0 Å². The summed E-state index contributed by atoms with van der Waals surface area (Å²) in [5.74, 6) is 5.51. The highest BCUT2D eigenvalue weighted by atomic mass is 16.6. The van der Waals surface area contributed by atoms with Gasteiger partial charge in [0, 0.05) is 18.8 Å². The summed E-state index contributed by atoms with van der Waals surface area (Å²) in [5.41, 5.74) is 1.33. The van der Waals surface area contributed by atoms with Crippen molar-refractivity contribution in [3.8, 4) is 0 Å². The topological polar surface area (TPSA) is 104 Å². The Kier molecular flexibility index (Phi) is 7.45. The summed E-state index contributed by atoms with van der Waals surface area (Å²) >= 11 is 0. The molecule has 2 aromatic rings. The van der Waals surface area contributed by atoms with Crippen molar-refractivity contribution in [3.63, 3.8) is 0 Å². The van der Waals surface area contributed by atoms with Crippen LogP contribution < -0.4 is 5.90 Å². The molecule has 7 nitrogen and oxygen atoms in total. The highest BCUT2D eigenvalue weighted by molar-refractivity contribution is 5.72.